The average Bonchev–Trinajstić information content (AvgIpc) is 3.22. The molecule has 1 spiro atoms. The minimum atomic E-state index is -0.647. The lowest BCUT2D eigenvalue weighted by molar-refractivity contribution is -0.185. The largest absolute Gasteiger partial charge is 0.462 e. The van der Waals surface area contributed by atoms with Crippen molar-refractivity contribution in [3.8, 4) is 0 Å². The molecule has 1 aromatic rings. The Morgan fingerprint density at radius 3 is 2.46 bits per heavy atom. The molecule has 0 radical (unpaired) electrons. The van der Waals surface area contributed by atoms with Crippen LogP contribution < -0.4 is 11.1 Å². The fraction of sp³-hybridized carbons (Fsp3) is 0.611. The Kier molecular flexibility index (Phi) is 6.33. The lowest BCUT2D eigenvalue weighted by Crippen LogP contribution is -2.47. The van der Waals surface area contributed by atoms with Crippen molar-refractivity contribution in [2.45, 2.75) is 32.5 Å². The van der Waals surface area contributed by atoms with E-state index in [4.69, 9.17) is 19.9 Å². The van der Waals surface area contributed by atoms with Gasteiger partial charge in [-0.05, 0) is 19.4 Å². The molecule has 2 aliphatic heterocycles. The Morgan fingerprint density at radius 1 is 1.25 bits per heavy atom. The Hall–Kier alpha value is -2.01. The minimum absolute atomic E-state index is 0.168. The fourth-order valence-corrected chi connectivity index (χ4v) is 4.56. The van der Waals surface area contributed by atoms with Crippen LogP contribution >= 0.6 is 11.3 Å². The molecule has 9 nitrogen and oxygen atoms in total. The van der Waals surface area contributed by atoms with Crippen LogP contribution in [0.15, 0.2) is 0 Å². The molecule has 0 atom stereocenters. The number of primary amides is 1. The van der Waals surface area contributed by atoms with Crippen LogP contribution in [0, 0.1) is 6.92 Å². The maximum Gasteiger partial charge on any atom is 0.341 e. The molecule has 0 unspecified atom stereocenters. The second kappa shape index (κ2) is 8.56. The number of nitrogens with two attached hydrogens (primary N) is 1. The van der Waals surface area contributed by atoms with Gasteiger partial charge in [0.1, 0.15) is 5.00 Å². The Labute approximate surface area is 167 Å². The molecule has 2 amide bonds. The standard InChI is InChI=1S/C18H25N3O6S/c1-3-25-17(24)13-11(2)14(15(19)23)28-16(13)20-12(22)10-21-6-4-18(5-7-21)26-8-9-27-18/h3-10H2,1-2H3,(H2,19,23)(H,20,22). The summed E-state index contributed by atoms with van der Waals surface area (Å²) in [4.78, 5) is 38.7. The molecule has 2 aliphatic rings. The van der Waals surface area contributed by atoms with Gasteiger partial charge in [0.2, 0.25) is 5.91 Å². The van der Waals surface area contributed by atoms with Crippen LogP contribution in [0.5, 0.6) is 0 Å². The monoisotopic (exact) mass is 411 g/mol. The zero-order valence-corrected chi connectivity index (χ0v) is 16.9. The number of nitrogens with zero attached hydrogens (tertiary/aromatic N) is 1. The number of carbonyl (C=O) groups excluding carboxylic acids is 3. The maximum atomic E-state index is 12.5. The summed E-state index contributed by atoms with van der Waals surface area (Å²) < 4.78 is 16.4. The Bertz CT molecular complexity index is 762. The second-order valence-corrected chi connectivity index (χ2v) is 7.80. The smallest absolute Gasteiger partial charge is 0.341 e. The number of anilines is 1. The molecular weight excluding hydrogens is 386 g/mol. The number of amides is 2. The molecule has 3 rings (SSSR count). The van der Waals surface area contributed by atoms with E-state index in [1.165, 1.54) is 0 Å². The van der Waals surface area contributed by atoms with Gasteiger partial charge in [-0.25, -0.2) is 4.79 Å². The lowest BCUT2D eigenvalue weighted by Gasteiger charge is -2.37. The first-order valence-electron chi connectivity index (χ1n) is 9.25. The molecule has 0 aromatic carbocycles. The van der Waals surface area contributed by atoms with Gasteiger partial charge in [-0.15, -0.1) is 11.3 Å². The van der Waals surface area contributed by atoms with Gasteiger partial charge in [0.05, 0.1) is 36.8 Å². The third-order valence-electron chi connectivity index (χ3n) is 4.90. The third-order valence-corrected chi connectivity index (χ3v) is 6.12. The van der Waals surface area contributed by atoms with Crippen LogP contribution in [-0.4, -0.2) is 67.9 Å². The van der Waals surface area contributed by atoms with Crippen LogP contribution in [-0.2, 0) is 19.0 Å². The second-order valence-electron chi connectivity index (χ2n) is 6.78. The molecule has 2 saturated heterocycles. The van der Waals surface area contributed by atoms with Crippen LogP contribution in [0.1, 0.15) is 45.4 Å². The van der Waals surface area contributed by atoms with Gasteiger partial charge < -0.3 is 25.3 Å². The highest BCUT2D eigenvalue weighted by atomic mass is 32.1. The molecule has 3 heterocycles. The number of rotatable bonds is 6. The number of esters is 1. The zero-order valence-electron chi connectivity index (χ0n) is 16.0. The third kappa shape index (κ3) is 4.35. The van der Waals surface area contributed by atoms with E-state index in [1.54, 1.807) is 13.8 Å². The van der Waals surface area contributed by atoms with E-state index < -0.39 is 17.7 Å². The van der Waals surface area contributed by atoms with E-state index in [-0.39, 0.29) is 34.5 Å². The average molecular weight is 411 g/mol. The number of piperidine rings is 1. The van der Waals surface area contributed by atoms with Crippen molar-refractivity contribution >= 4 is 34.1 Å². The van der Waals surface area contributed by atoms with Gasteiger partial charge in [-0.3, -0.25) is 14.5 Å². The van der Waals surface area contributed by atoms with Crippen molar-refractivity contribution < 1.29 is 28.6 Å². The molecule has 2 fully saturated rings. The lowest BCUT2D eigenvalue weighted by atomic mass is 10.0. The van der Waals surface area contributed by atoms with Crippen molar-refractivity contribution in [2.75, 3.05) is 44.8 Å². The summed E-state index contributed by atoms with van der Waals surface area (Å²) in [6, 6.07) is 0. The first-order valence-corrected chi connectivity index (χ1v) is 10.1. The molecule has 0 bridgehead atoms. The number of nitrogens with one attached hydrogen (secondary N) is 1. The zero-order chi connectivity index (χ0) is 20.3. The van der Waals surface area contributed by atoms with Crippen molar-refractivity contribution in [3.63, 3.8) is 0 Å². The summed E-state index contributed by atoms with van der Waals surface area (Å²) in [5.74, 6) is -2.00. The van der Waals surface area contributed by atoms with Crippen molar-refractivity contribution in [1.29, 1.82) is 0 Å². The van der Waals surface area contributed by atoms with E-state index in [9.17, 15) is 14.4 Å². The Morgan fingerprint density at radius 2 is 1.89 bits per heavy atom. The van der Waals surface area contributed by atoms with Crippen LogP contribution in [0.2, 0.25) is 0 Å². The number of likely N-dealkylation sites (tertiary alicyclic amines) is 1. The Balaban J connectivity index is 1.65. The quantitative estimate of drug-likeness (QED) is 0.673. The molecule has 1 aromatic heterocycles. The van der Waals surface area contributed by atoms with Gasteiger partial charge in [-0.1, -0.05) is 0 Å². The summed E-state index contributed by atoms with van der Waals surface area (Å²) in [6.45, 7) is 6.22. The first-order chi connectivity index (χ1) is 13.3. The number of hydrogen-bond acceptors (Lipinski definition) is 8. The van der Waals surface area contributed by atoms with Crippen molar-refractivity contribution in [2.24, 2.45) is 5.73 Å². The number of thiophene rings is 1. The van der Waals surface area contributed by atoms with Crippen LogP contribution in [0.4, 0.5) is 5.00 Å². The number of ether oxygens (including phenoxy) is 3. The summed E-state index contributed by atoms with van der Waals surface area (Å²) in [5.41, 5.74) is 5.98. The molecule has 0 saturated carbocycles. The maximum absolute atomic E-state index is 12.5. The summed E-state index contributed by atoms with van der Waals surface area (Å²) in [6.07, 6.45) is 1.41. The highest BCUT2D eigenvalue weighted by Crippen LogP contribution is 2.34. The highest BCUT2D eigenvalue weighted by Gasteiger charge is 2.40. The number of hydrogen-bond donors (Lipinski definition) is 2. The van der Waals surface area contributed by atoms with Crippen LogP contribution in [0.3, 0.4) is 0 Å². The van der Waals surface area contributed by atoms with E-state index in [1.807, 2.05) is 4.90 Å². The SMILES string of the molecule is CCOC(=O)c1c(NC(=O)CN2CCC3(CC2)OCCO3)sc(C(N)=O)c1C. The van der Waals surface area contributed by atoms with E-state index in [0.717, 1.165) is 11.3 Å². The first kappa shape index (κ1) is 20.7. The van der Waals surface area contributed by atoms with E-state index in [0.29, 0.717) is 44.7 Å². The minimum Gasteiger partial charge on any atom is -0.462 e. The van der Waals surface area contributed by atoms with Crippen LogP contribution in [0.25, 0.3) is 0 Å². The van der Waals surface area contributed by atoms with Gasteiger partial charge in [0.25, 0.3) is 5.91 Å². The van der Waals surface area contributed by atoms with Gasteiger partial charge >= 0.3 is 5.97 Å². The van der Waals surface area contributed by atoms with Gasteiger partial charge in [0.15, 0.2) is 5.79 Å². The molecule has 3 N–H and O–H groups in total. The predicted octanol–water partition coefficient (Wildman–Crippen LogP) is 1.11. The van der Waals surface area contributed by atoms with Crippen molar-refractivity contribution in [1.82, 2.24) is 4.90 Å². The van der Waals surface area contributed by atoms with E-state index >= 15 is 0 Å². The predicted molar refractivity (Wildman–Crippen MR) is 102 cm³/mol. The number of carbonyl (C=O) groups is 3. The fourth-order valence-electron chi connectivity index (χ4n) is 3.49. The summed E-state index contributed by atoms with van der Waals surface area (Å²) in [5, 5.41) is 3.02. The van der Waals surface area contributed by atoms with Gasteiger partial charge in [0, 0.05) is 25.9 Å². The highest BCUT2D eigenvalue weighted by molar-refractivity contribution is 7.18. The topological polar surface area (TPSA) is 120 Å². The van der Waals surface area contributed by atoms with Crippen molar-refractivity contribution in [3.05, 3.63) is 16.0 Å². The molecule has 0 aliphatic carbocycles. The molecular formula is C18H25N3O6S. The molecule has 28 heavy (non-hydrogen) atoms. The van der Waals surface area contributed by atoms with E-state index in [2.05, 4.69) is 5.32 Å². The summed E-state index contributed by atoms with van der Waals surface area (Å²) >= 11 is 0.988. The normalized spacial score (nSPS) is 18.9. The summed E-state index contributed by atoms with van der Waals surface area (Å²) in [7, 11) is 0. The molecule has 10 heteroatoms. The van der Waals surface area contributed by atoms with Gasteiger partial charge in [-0.2, -0.15) is 0 Å². The molecule has 154 valence electrons.